The van der Waals surface area contributed by atoms with Gasteiger partial charge in [0.2, 0.25) is 5.82 Å². The van der Waals surface area contributed by atoms with Crippen LogP contribution >= 0.6 is 0 Å². The second-order valence-electron chi connectivity index (χ2n) is 5.47. The number of rotatable bonds is 2. The van der Waals surface area contributed by atoms with Crippen molar-refractivity contribution in [1.29, 1.82) is 0 Å². The third kappa shape index (κ3) is 4.49. The fraction of sp³-hybridized carbons (Fsp3) is 0.125. The molecule has 136 valence electrons. The van der Waals surface area contributed by atoms with Crippen LogP contribution in [0.25, 0.3) is 10.9 Å². The molecule has 0 atom stereocenters. The molecule has 0 radical (unpaired) electrons. The second kappa shape index (κ2) is 7.42. The lowest BCUT2D eigenvalue weighted by Gasteiger charge is -2.05. The lowest BCUT2D eigenvalue weighted by Crippen LogP contribution is -2.29. The Labute approximate surface area is 149 Å². The predicted octanol–water partition coefficient (Wildman–Crippen LogP) is 1.45. The van der Waals surface area contributed by atoms with Gasteiger partial charge in [-0.25, -0.2) is 13.0 Å². The molecular weight excluding hydrogens is 360 g/mol. The molecular formula is C16H16N4O5S. The monoisotopic (exact) mass is 376 g/mol. The van der Waals surface area contributed by atoms with Crippen molar-refractivity contribution in [2.45, 2.75) is 11.8 Å². The molecule has 0 aliphatic carbocycles. The Bertz CT molecular complexity index is 1070. The number of anilines is 1. The highest BCUT2D eigenvalue weighted by Gasteiger charge is 2.14. The summed E-state index contributed by atoms with van der Waals surface area (Å²) in [5.74, 6) is 0.298. The van der Waals surface area contributed by atoms with Crippen LogP contribution in [-0.4, -0.2) is 22.9 Å². The molecule has 10 heteroatoms. The lowest BCUT2D eigenvalue weighted by atomic mass is 10.2. The predicted molar refractivity (Wildman–Crippen MR) is 93.1 cm³/mol. The van der Waals surface area contributed by atoms with Gasteiger partial charge in [0, 0.05) is 12.1 Å². The average Bonchev–Trinajstić information content (AvgIpc) is 2.58. The maximum Gasteiger partial charge on any atom is 0.289 e. The van der Waals surface area contributed by atoms with Crippen molar-refractivity contribution < 1.29 is 22.5 Å². The van der Waals surface area contributed by atoms with Gasteiger partial charge in [0.1, 0.15) is 15.6 Å². The van der Waals surface area contributed by atoms with Gasteiger partial charge in [-0.2, -0.15) is 0 Å². The normalized spacial score (nSPS) is 10.9. The first kappa shape index (κ1) is 19.2. The number of nitrogen functional groups attached to an aromatic ring is 1. The van der Waals surface area contributed by atoms with E-state index in [0.29, 0.717) is 11.2 Å². The van der Waals surface area contributed by atoms with Crippen molar-refractivity contribution in [2.75, 3.05) is 5.73 Å². The van der Waals surface area contributed by atoms with E-state index in [1.807, 2.05) is 6.92 Å². The minimum absolute atomic E-state index is 0.0159. The van der Waals surface area contributed by atoms with E-state index >= 15 is 0 Å². The molecule has 0 spiro atoms. The van der Waals surface area contributed by atoms with Crippen molar-refractivity contribution in [3.8, 4) is 0 Å². The zero-order valence-corrected chi connectivity index (χ0v) is 14.8. The van der Waals surface area contributed by atoms with Crippen LogP contribution in [0.3, 0.4) is 0 Å². The molecule has 26 heavy (non-hydrogen) atoms. The number of nitrogens with two attached hydrogens (primary N) is 1. The van der Waals surface area contributed by atoms with Crippen LogP contribution < -0.4 is 10.3 Å². The van der Waals surface area contributed by atoms with Gasteiger partial charge >= 0.3 is 0 Å². The van der Waals surface area contributed by atoms with Crippen LogP contribution in [0.1, 0.15) is 5.56 Å². The van der Waals surface area contributed by atoms with Crippen molar-refractivity contribution >= 4 is 32.5 Å². The first-order chi connectivity index (χ1) is 12.1. The van der Waals surface area contributed by atoms with E-state index < -0.39 is 15.0 Å². The van der Waals surface area contributed by atoms with Crippen LogP contribution in [0.4, 0.5) is 11.5 Å². The molecule has 3 rings (SSSR count). The molecule has 1 heterocycles. The highest BCUT2D eigenvalue weighted by molar-refractivity contribution is 7.85. The molecule has 0 bridgehead atoms. The van der Waals surface area contributed by atoms with E-state index in [4.69, 9.17) is 5.73 Å². The van der Waals surface area contributed by atoms with Crippen LogP contribution in [0.15, 0.2) is 53.7 Å². The molecule has 1 aromatic heterocycles. The van der Waals surface area contributed by atoms with Crippen molar-refractivity contribution in [2.24, 2.45) is 7.05 Å². The van der Waals surface area contributed by atoms with Crippen LogP contribution in [0, 0.1) is 17.0 Å². The number of hydrogen-bond donors (Lipinski definition) is 1. The summed E-state index contributed by atoms with van der Waals surface area (Å²) < 4.78 is 32.9. The van der Waals surface area contributed by atoms with E-state index in [-0.39, 0.29) is 10.6 Å². The summed E-state index contributed by atoms with van der Waals surface area (Å²) in [4.78, 5) is 13.9. The summed E-state index contributed by atoms with van der Waals surface area (Å²) in [6.07, 6.45) is 1.57. The van der Waals surface area contributed by atoms with Crippen LogP contribution in [0.2, 0.25) is 0 Å². The topological polar surface area (TPSA) is 143 Å². The van der Waals surface area contributed by atoms with Gasteiger partial charge in [-0.15, -0.1) is 0 Å². The van der Waals surface area contributed by atoms with E-state index in [1.54, 1.807) is 36.1 Å². The summed E-state index contributed by atoms with van der Waals surface area (Å²) in [7, 11) is -2.46. The zero-order chi connectivity index (χ0) is 19.5. The maximum atomic E-state index is 10.6. The number of fused-ring (bicyclic) bond motifs is 1. The Balaban J connectivity index is 0.000000197. The Kier molecular flexibility index (Phi) is 5.48. The average molecular weight is 376 g/mol. The first-order valence-electron chi connectivity index (χ1n) is 7.30. The fourth-order valence-electron chi connectivity index (χ4n) is 2.14. The van der Waals surface area contributed by atoms with Gasteiger partial charge in [-0.05, 0) is 30.1 Å². The fourth-order valence-corrected chi connectivity index (χ4v) is 2.61. The van der Waals surface area contributed by atoms with Gasteiger partial charge in [0.25, 0.3) is 12.0 Å². The lowest BCUT2D eigenvalue weighted by molar-refractivity contribution is -0.647. The van der Waals surface area contributed by atoms with Crippen LogP contribution in [0.5, 0.6) is 0 Å². The van der Waals surface area contributed by atoms with E-state index in [1.165, 1.54) is 24.3 Å². The minimum Gasteiger partial charge on any atom is -0.744 e. The third-order valence-corrected chi connectivity index (χ3v) is 4.38. The standard InChI is InChI=1S/C9H8N4O2.C7H8O3S/c1-12-5-11-9(10)7-4-6(13(14)15)2-3-8(7)12;1-6-2-4-7(5-3-6)11(8,9)10/h2-5,10H,1H3;2-5H,1H3,(H,8,9,10). The van der Waals surface area contributed by atoms with Crippen molar-refractivity contribution in [3.05, 3.63) is 64.5 Å². The van der Waals surface area contributed by atoms with E-state index in [0.717, 1.165) is 11.1 Å². The summed E-state index contributed by atoms with van der Waals surface area (Å²) in [6, 6.07) is 10.3. The van der Waals surface area contributed by atoms with Gasteiger partial charge < -0.3 is 10.3 Å². The van der Waals surface area contributed by atoms with Crippen LogP contribution in [-0.2, 0) is 17.2 Å². The number of aromatic nitrogens is 2. The van der Waals surface area contributed by atoms with Gasteiger partial charge in [0.05, 0.1) is 22.3 Å². The largest absolute Gasteiger partial charge is 0.744 e. The molecule has 9 nitrogen and oxygen atoms in total. The Hall–Kier alpha value is -3.11. The number of benzene rings is 2. The van der Waals surface area contributed by atoms with E-state index in [2.05, 4.69) is 4.98 Å². The molecule has 0 amide bonds. The Morgan fingerprint density at radius 3 is 2.31 bits per heavy atom. The summed E-state index contributed by atoms with van der Waals surface area (Å²) in [6.45, 7) is 1.82. The minimum atomic E-state index is -4.27. The molecule has 0 unspecified atom stereocenters. The number of nitrogens with zero attached hydrogens (tertiary/aromatic N) is 3. The number of aryl methyl sites for hydroxylation is 2. The maximum absolute atomic E-state index is 10.6. The molecule has 0 saturated heterocycles. The molecule has 0 fully saturated rings. The summed E-state index contributed by atoms with van der Waals surface area (Å²) >= 11 is 0. The Morgan fingerprint density at radius 2 is 1.77 bits per heavy atom. The molecule has 2 N–H and O–H groups in total. The summed E-state index contributed by atoms with van der Waals surface area (Å²) in [5, 5.41) is 11.2. The first-order valence-corrected chi connectivity index (χ1v) is 8.71. The van der Waals surface area contributed by atoms with Crippen molar-refractivity contribution in [3.63, 3.8) is 0 Å². The van der Waals surface area contributed by atoms with Gasteiger partial charge in [-0.3, -0.25) is 10.1 Å². The van der Waals surface area contributed by atoms with Gasteiger partial charge in [-0.1, -0.05) is 17.7 Å². The number of non-ortho nitro benzene ring substituents is 1. The molecule has 2 aromatic carbocycles. The third-order valence-electron chi connectivity index (χ3n) is 3.53. The SMILES string of the molecule is C[n+]1cnc(N)c2cc([N+](=O)[O-])ccc21.Cc1ccc(S(=O)(=O)[O-])cc1. The molecule has 0 aliphatic heterocycles. The Morgan fingerprint density at radius 1 is 1.15 bits per heavy atom. The summed E-state index contributed by atoms with van der Waals surface area (Å²) in [5.41, 5.74) is 7.40. The quantitative estimate of drug-likeness (QED) is 0.308. The van der Waals surface area contributed by atoms with Crippen molar-refractivity contribution in [1.82, 2.24) is 4.98 Å². The molecule has 3 aromatic rings. The number of nitro benzene ring substituents is 1. The molecule has 0 aliphatic rings. The zero-order valence-electron chi connectivity index (χ0n) is 14.0. The number of hydrogen-bond acceptors (Lipinski definition) is 7. The highest BCUT2D eigenvalue weighted by atomic mass is 32.2. The smallest absolute Gasteiger partial charge is 0.289 e. The second-order valence-corrected chi connectivity index (χ2v) is 6.85. The van der Waals surface area contributed by atoms with Gasteiger partial charge in [0.15, 0.2) is 0 Å². The highest BCUT2D eigenvalue weighted by Crippen LogP contribution is 2.21. The van der Waals surface area contributed by atoms with E-state index in [9.17, 15) is 23.1 Å². The molecule has 0 saturated carbocycles. The number of nitro groups is 1.